The van der Waals surface area contributed by atoms with E-state index in [0.717, 1.165) is 0 Å². The number of thiophene rings is 3. The molecular formula is C19H18O2S3. The predicted octanol–water partition coefficient (Wildman–Crippen LogP) is 6.75. The third kappa shape index (κ3) is 3.64. The van der Waals surface area contributed by atoms with Crippen molar-refractivity contribution in [2.24, 2.45) is 0 Å². The highest BCUT2D eigenvalue weighted by molar-refractivity contribution is 7.20. The maximum atomic E-state index is 5.07. The highest BCUT2D eigenvalue weighted by Crippen LogP contribution is 2.41. The molecule has 0 saturated heterocycles. The highest BCUT2D eigenvalue weighted by Gasteiger charge is 2.13. The number of hydrogen-bond acceptors (Lipinski definition) is 5. The fourth-order valence-corrected chi connectivity index (χ4v) is 5.31. The van der Waals surface area contributed by atoms with Crippen molar-refractivity contribution >= 4 is 46.2 Å². The lowest BCUT2D eigenvalue weighted by atomic mass is 10.2. The number of ether oxygens (including phenoxy) is 2. The molecule has 124 valence electrons. The molecule has 0 radical (unpaired) electrons. The van der Waals surface area contributed by atoms with Gasteiger partial charge in [0.15, 0.2) is 0 Å². The van der Waals surface area contributed by atoms with Crippen LogP contribution in [0.1, 0.15) is 14.6 Å². The smallest absolute Gasteiger partial charge is 0.0838 e. The molecule has 2 nitrogen and oxygen atoms in total. The van der Waals surface area contributed by atoms with E-state index in [9.17, 15) is 0 Å². The van der Waals surface area contributed by atoms with Gasteiger partial charge in [-0.25, -0.2) is 0 Å². The number of hydrogen-bond donors (Lipinski definition) is 0. The average Bonchev–Trinajstić information content (AvgIpc) is 3.29. The van der Waals surface area contributed by atoms with Crippen molar-refractivity contribution < 1.29 is 9.47 Å². The average molecular weight is 375 g/mol. The van der Waals surface area contributed by atoms with Gasteiger partial charge < -0.3 is 9.47 Å². The van der Waals surface area contributed by atoms with Crippen molar-refractivity contribution in [2.75, 3.05) is 14.2 Å². The Bertz CT molecular complexity index is 865. The summed E-state index contributed by atoms with van der Waals surface area (Å²) in [4.78, 5) is 6.29. The van der Waals surface area contributed by atoms with E-state index in [1.807, 2.05) is 23.5 Å². The second-order valence-electron chi connectivity index (χ2n) is 5.07. The van der Waals surface area contributed by atoms with Gasteiger partial charge in [-0.05, 0) is 48.7 Å². The van der Waals surface area contributed by atoms with Gasteiger partial charge in [0.2, 0.25) is 0 Å². The van der Waals surface area contributed by atoms with Crippen molar-refractivity contribution in [3.8, 4) is 20.9 Å². The van der Waals surface area contributed by atoms with E-state index in [4.69, 9.17) is 9.47 Å². The fourth-order valence-electron chi connectivity index (χ4n) is 2.39. The number of rotatable bonds is 6. The maximum Gasteiger partial charge on any atom is 0.0838 e. The Morgan fingerprint density at radius 1 is 0.833 bits per heavy atom. The summed E-state index contributed by atoms with van der Waals surface area (Å²) in [5.74, 6) is 0. The molecule has 0 bridgehead atoms. The van der Waals surface area contributed by atoms with E-state index >= 15 is 0 Å². The molecule has 0 atom stereocenters. The van der Waals surface area contributed by atoms with Crippen LogP contribution in [0.4, 0.5) is 0 Å². The standard InChI is InChI=1S/C19H18O2S3/c1-13-12-15(19(23-13)7-10-21-3)18-5-4-17(24-18)14-8-11-22-16(14)6-9-20-2/h4-12H,1-3H3/b9-6+,10-7+. The summed E-state index contributed by atoms with van der Waals surface area (Å²) >= 11 is 5.32. The first kappa shape index (κ1) is 17.0. The van der Waals surface area contributed by atoms with Crippen molar-refractivity contribution in [3.63, 3.8) is 0 Å². The molecule has 24 heavy (non-hydrogen) atoms. The number of aryl methyl sites for hydroxylation is 1. The van der Waals surface area contributed by atoms with Gasteiger partial charge in [0.1, 0.15) is 0 Å². The molecule has 0 N–H and O–H groups in total. The summed E-state index contributed by atoms with van der Waals surface area (Å²) in [6.07, 6.45) is 7.50. The Labute approximate surface area is 154 Å². The van der Waals surface area contributed by atoms with Crippen LogP contribution >= 0.6 is 34.0 Å². The minimum atomic E-state index is 1.21. The van der Waals surface area contributed by atoms with Gasteiger partial charge in [0.25, 0.3) is 0 Å². The van der Waals surface area contributed by atoms with Crippen LogP contribution in [-0.2, 0) is 9.47 Å². The van der Waals surface area contributed by atoms with Gasteiger partial charge >= 0.3 is 0 Å². The lowest BCUT2D eigenvalue weighted by molar-refractivity contribution is 0.341. The summed E-state index contributed by atoms with van der Waals surface area (Å²) in [5.41, 5.74) is 2.52. The summed E-state index contributed by atoms with van der Waals surface area (Å²) in [7, 11) is 3.34. The molecule has 0 spiro atoms. The van der Waals surface area contributed by atoms with Gasteiger partial charge in [0, 0.05) is 35.5 Å². The third-order valence-electron chi connectivity index (χ3n) is 3.43. The SMILES string of the molecule is CO/C=C/c1sccc1-c1ccc(-c2cc(C)sc2/C=C/OC)s1. The molecule has 0 unspecified atom stereocenters. The minimum absolute atomic E-state index is 1.21. The number of methoxy groups -OCH3 is 2. The van der Waals surface area contributed by atoms with Crippen LogP contribution in [0.5, 0.6) is 0 Å². The van der Waals surface area contributed by atoms with Crippen LogP contribution in [0, 0.1) is 6.92 Å². The zero-order valence-corrected chi connectivity index (χ0v) is 16.2. The second-order valence-corrected chi connectivity index (χ2v) is 8.39. The van der Waals surface area contributed by atoms with E-state index in [1.165, 1.54) is 35.5 Å². The second kappa shape index (κ2) is 7.83. The first-order chi connectivity index (χ1) is 11.7. The van der Waals surface area contributed by atoms with Crippen LogP contribution in [0.3, 0.4) is 0 Å². The molecule has 3 heterocycles. The minimum Gasteiger partial charge on any atom is -0.504 e. The van der Waals surface area contributed by atoms with E-state index in [0.29, 0.717) is 0 Å². The Balaban J connectivity index is 1.96. The summed E-state index contributed by atoms with van der Waals surface area (Å²) in [6.45, 7) is 2.14. The first-order valence-corrected chi connectivity index (χ1v) is 9.91. The monoisotopic (exact) mass is 374 g/mol. The normalized spacial score (nSPS) is 11.6. The van der Waals surface area contributed by atoms with Gasteiger partial charge in [-0.3, -0.25) is 0 Å². The Hall–Kier alpha value is -1.82. The van der Waals surface area contributed by atoms with E-state index in [2.05, 4.69) is 36.6 Å². The Morgan fingerprint density at radius 2 is 1.50 bits per heavy atom. The molecule has 3 rings (SSSR count). The predicted molar refractivity (Wildman–Crippen MR) is 108 cm³/mol. The fraction of sp³-hybridized carbons (Fsp3) is 0.158. The van der Waals surface area contributed by atoms with Crippen LogP contribution in [0.2, 0.25) is 0 Å². The van der Waals surface area contributed by atoms with Gasteiger partial charge in [0.05, 0.1) is 26.7 Å². The lowest BCUT2D eigenvalue weighted by Gasteiger charge is -1.97. The van der Waals surface area contributed by atoms with Crippen LogP contribution in [0.25, 0.3) is 33.0 Å². The first-order valence-electron chi connectivity index (χ1n) is 7.40. The zero-order valence-electron chi connectivity index (χ0n) is 13.7. The molecule has 3 aromatic heterocycles. The third-order valence-corrected chi connectivity index (χ3v) is 6.48. The molecular weight excluding hydrogens is 356 g/mol. The van der Waals surface area contributed by atoms with Gasteiger partial charge in [-0.15, -0.1) is 34.0 Å². The van der Waals surface area contributed by atoms with Gasteiger partial charge in [-0.2, -0.15) is 0 Å². The van der Waals surface area contributed by atoms with Crippen molar-refractivity contribution in [3.05, 3.63) is 56.8 Å². The van der Waals surface area contributed by atoms with Crippen LogP contribution < -0.4 is 0 Å². The van der Waals surface area contributed by atoms with E-state index in [-0.39, 0.29) is 0 Å². The van der Waals surface area contributed by atoms with Crippen molar-refractivity contribution in [2.45, 2.75) is 6.92 Å². The quantitative estimate of drug-likeness (QED) is 0.444. The van der Waals surface area contributed by atoms with Crippen LogP contribution in [0.15, 0.2) is 42.2 Å². The summed E-state index contributed by atoms with van der Waals surface area (Å²) in [6, 6.07) is 8.81. The largest absolute Gasteiger partial charge is 0.504 e. The molecule has 0 aliphatic rings. The topological polar surface area (TPSA) is 18.5 Å². The van der Waals surface area contributed by atoms with Gasteiger partial charge in [-0.1, -0.05) is 0 Å². The van der Waals surface area contributed by atoms with E-state index in [1.54, 1.807) is 49.4 Å². The molecule has 0 aliphatic carbocycles. The van der Waals surface area contributed by atoms with Crippen molar-refractivity contribution in [1.82, 2.24) is 0 Å². The molecule has 3 aromatic rings. The van der Waals surface area contributed by atoms with E-state index < -0.39 is 0 Å². The summed E-state index contributed by atoms with van der Waals surface area (Å²) < 4.78 is 10.1. The highest BCUT2D eigenvalue weighted by atomic mass is 32.1. The molecule has 0 aromatic carbocycles. The molecule has 5 heteroatoms. The Morgan fingerprint density at radius 3 is 2.21 bits per heavy atom. The zero-order chi connectivity index (χ0) is 16.9. The lowest BCUT2D eigenvalue weighted by Crippen LogP contribution is -1.72. The molecule has 0 amide bonds. The summed E-state index contributed by atoms with van der Waals surface area (Å²) in [5, 5.41) is 2.12. The van der Waals surface area contributed by atoms with Crippen molar-refractivity contribution in [1.29, 1.82) is 0 Å². The molecule has 0 aliphatic heterocycles. The van der Waals surface area contributed by atoms with Crippen LogP contribution in [-0.4, -0.2) is 14.2 Å². The maximum absolute atomic E-state index is 5.07. The molecule has 0 fully saturated rings. The Kier molecular flexibility index (Phi) is 5.56. The molecule has 0 saturated carbocycles.